The van der Waals surface area contributed by atoms with Gasteiger partial charge in [-0.3, -0.25) is 0 Å². The van der Waals surface area contributed by atoms with Crippen molar-refractivity contribution >= 4 is 16.7 Å². The average Bonchev–Trinajstić information content (AvgIpc) is 2.82. The third-order valence-electron chi connectivity index (χ3n) is 5.56. The molecule has 11 heteroatoms. The average molecular weight is 495 g/mol. The third-order valence-corrected chi connectivity index (χ3v) is 5.56. The summed E-state index contributed by atoms with van der Waals surface area (Å²) in [6.45, 7) is 4.88. The summed E-state index contributed by atoms with van der Waals surface area (Å²) in [7, 11) is 1.50. The van der Waals surface area contributed by atoms with Crippen molar-refractivity contribution in [3.63, 3.8) is 0 Å². The number of rotatable bonds is 7. The molecule has 3 aromatic rings. The summed E-state index contributed by atoms with van der Waals surface area (Å²) in [5, 5.41) is 3.57. The molecule has 0 spiro atoms. The van der Waals surface area contributed by atoms with Crippen LogP contribution in [0.2, 0.25) is 0 Å². The molecule has 0 aliphatic carbocycles. The highest BCUT2D eigenvalue weighted by molar-refractivity contribution is 5.92. The molecule has 1 saturated heterocycles. The van der Waals surface area contributed by atoms with E-state index in [1.807, 2.05) is 0 Å². The van der Waals surface area contributed by atoms with Crippen LogP contribution in [0.15, 0.2) is 30.3 Å². The van der Waals surface area contributed by atoms with Gasteiger partial charge in [-0.25, -0.2) is 14.4 Å². The predicted octanol–water partition coefficient (Wildman–Crippen LogP) is 5.07. The number of halogens is 4. The van der Waals surface area contributed by atoms with Crippen LogP contribution in [0.25, 0.3) is 10.9 Å². The fourth-order valence-corrected chi connectivity index (χ4v) is 3.84. The standard InChI is InChI=1S/C24H25F4N3O4/c1-13(16-5-4-6-18(22(16)25)24(26,27)28)29-23-17-9-21(35-12-15-11-33-7-8-34-15)20(32-3)10-19(17)30-14(2)31-23/h4-6,9-10,13,15H,7-8,11-12H2,1-3H3,(H,29,30,31)/t13-,15-/m1/s1. The van der Waals surface area contributed by atoms with Gasteiger partial charge in [0.2, 0.25) is 0 Å². The number of ether oxygens (including phenoxy) is 4. The maximum Gasteiger partial charge on any atom is 0.419 e. The van der Waals surface area contributed by atoms with E-state index in [1.54, 1.807) is 26.0 Å². The molecule has 2 heterocycles. The Hall–Kier alpha value is -3.18. The summed E-state index contributed by atoms with van der Waals surface area (Å²) in [6, 6.07) is 5.73. The van der Waals surface area contributed by atoms with Gasteiger partial charge in [-0.05, 0) is 26.0 Å². The van der Waals surface area contributed by atoms with Crippen LogP contribution in [0.3, 0.4) is 0 Å². The van der Waals surface area contributed by atoms with Gasteiger partial charge in [0.25, 0.3) is 0 Å². The molecular weight excluding hydrogens is 470 g/mol. The maximum absolute atomic E-state index is 14.7. The van der Waals surface area contributed by atoms with E-state index in [-0.39, 0.29) is 18.3 Å². The summed E-state index contributed by atoms with van der Waals surface area (Å²) < 4.78 is 76.6. The van der Waals surface area contributed by atoms with Crippen molar-refractivity contribution < 1.29 is 36.5 Å². The molecule has 2 atom stereocenters. The zero-order valence-electron chi connectivity index (χ0n) is 19.4. The lowest BCUT2D eigenvalue weighted by molar-refractivity contribution is -0.140. The molecule has 1 N–H and O–H groups in total. The lowest BCUT2D eigenvalue weighted by Gasteiger charge is -2.23. The number of aromatic nitrogens is 2. The number of nitrogens with one attached hydrogen (secondary N) is 1. The summed E-state index contributed by atoms with van der Waals surface area (Å²) in [6.07, 6.45) is -5.03. The summed E-state index contributed by atoms with van der Waals surface area (Å²) >= 11 is 0. The quantitative estimate of drug-likeness (QED) is 0.459. The first-order chi connectivity index (χ1) is 16.7. The Morgan fingerprint density at radius 2 is 1.97 bits per heavy atom. The van der Waals surface area contributed by atoms with Crippen molar-refractivity contribution in [2.75, 3.05) is 38.9 Å². The van der Waals surface area contributed by atoms with Crippen LogP contribution in [0.5, 0.6) is 11.5 Å². The van der Waals surface area contributed by atoms with Gasteiger partial charge in [0.15, 0.2) is 11.5 Å². The number of methoxy groups -OCH3 is 1. The number of benzene rings is 2. The Morgan fingerprint density at radius 1 is 1.17 bits per heavy atom. The van der Waals surface area contributed by atoms with Crippen molar-refractivity contribution in [2.24, 2.45) is 0 Å². The predicted molar refractivity (Wildman–Crippen MR) is 120 cm³/mol. The number of alkyl halides is 3. The van der Waals surface area contributed by atoms with Crippen molar-refractivity contribution in [3.8, 4) is 11.5 Å². The molecule has 2 aromatic carbocycles. The van der Waals surface area contributed by atoms with Crippen molar-refractivity contribution in [3.05, 3.63) is 53.1 Å². The molecule has 0 unspecified atom stereocenters. The van der Waals surface area contributed by atoms with Crippen LogP contribution >= 0.6 is 0 Å². The summed E-state index contributed by atoms with van der Waals surface area (Å²) in [5.74, 6) is 0.259. The minimum Gasteiger partial charge on any atom is -0.493 e. The number of fused-ring (bicyclic) bond motifs is 1. The van der Waals surface area contributed by atoms with Crippen LogP contribution in [0, 0.1) is 12.7 Å². The van der Waals surface area contributed by atoms with Gasteiger partial charge in [0.1, 0.15) is 30.2 Å². The minimum atomic E-state index is -4.80. The van der Waals surface area contributed by atoms with Gasteiger partial charge >= 0.3 is 6.18 Å². The van der Waals surface area contributed by atoms with Gasteiger partial charge in [-0.1, -0.05) is 12.1 Å². The van der Waals surface area contributed by atoms with Gasteiger partial charge in [0, 0.05) is 17.0 Å². The van der Waals surface area contributed by atoms with E-state index < -0.39 is 23.6 Å². The third kappa shape index (κ3) is 5.57. The fourth-order valence-electron chi connectivity index (χ4n) is 3.84. The molecule has 0 radical (unpaired) electrons. The smallest absolute Gasteiger partial charge is 0.419 e. The molecular formula is C24H25F4N3O4. The number of anilines is 1. The number of nitrogens with zero attached hydrogens (tertiary/aromatic N) is 2. The van der Waals surface area contributed by atoms with Crippen LogP contribution in [-0.2, 0) is 15.7 Å². The second-order valence-corrected chi connectivity index (χ2v) is 8.09. The highest BCUT2D eigenvalue weighted by atomic mass is 19.4. The number of hydrogen-bond acceptors (Lipinski definition) is 7. The Labute approximate surface area is 199 Å². The lowest BCUT2D eigenvalue weighted by Crippen LogP contribution is -2.33. The highest BCUT2D eigenvalue weighted by Crippen LogP contribution is 2.37. The largest absolute Gasteiger partial charge is 0.493 e. The van der Waals surface area contributed by atoms with Gasteiger partial charge in [0.05, 0.1) is 44.1 Å². The SMILES string of the molecule is COc1cc2nc(C)nc(N[C@H](C)c3cccc(C(F)(F)F)c3F)c2cc1OC[C@H]1COCCO1. The Bertz CT molecular complexity index is 1200. The van der Waals surface area contributed by atoms with E-state index in [1.165, 1.54) is 19.2 Å². The van der Waals surface area contributed by atoms with Crippen LogP contribution in [-0.4, -0.2) is 49.6 Å². The Morgan fingerprint density at radius 3 is 2.66 bits per heavy atom. The van der Waals surface area contributed by atoms with Crippen molar-refractivity contribution in [1.82, 2.24) is 9.97 Å². The van der Waals surface area contributed by atoms with Gasteiger partial charge in [-0.15, -0.1) is 0 Å². The first kappa shape index (κ1) is 24.9. The molecule has 1 aliphatic rings. The molecule has 1 fully saturated rings. The summed E-state index contributed by atoms with van der Waals surface area (Å²) in [5.41, 5.74) is -0.927. The van der Waals surface area contributed by atoms with Crippen molar-refractivity contribution in [2.45, 2.75) is 32.2 Å². The van der Waals surface area contributed by atoms with Crippen LogP contribution in [0.4, 0.5) is 23.4 Å². The second kappa shape index (κ2) is 10.2. The van der Waals surface area contributed by atoms with E-state index in [2.05, 4.69) is 15.3 Å². The zero-order chi connectivity index (χ0) is 25.2. The number of aryl methyl sites for hydroxylation is 1. The second-order valence-electron chi connectivity index (χ2n) is 8.09. The van der Waals surface area contributed by atoms with Crippen molar-refractivity contribution in [1.29, 1.82) is 0 Å². The molecule has 1 aliphatic heterocycles. The minimum absolute atomic E-state index is 0.135. The first-order valence-electron chi connectivity index (χ1n) is 11.0. The molecule has 0 saturated carbocycles. The maximum atomic E-state index is 14.7. The molecule has 7 nitrogen and oxygen atoms in total. The summed E-state index contributed by atoms with van der Waals surface area (Å²) in [4.78, 5) is 8.83. The molecule has 0 amide bonds. The van der Waals surface area contributed by atoms with Crippen LogP contribution in [0.1, 0.15) is 29.9 Å². The Kier molecular flexibility index (Phi) is 7.27. The molecule has 35 heavy (non-hydrogen) atoms. The van der Waals surface area contributed by atoms with E-state index in [0.717, 1.165) is 0 Å². The topological polar surface area (TPSA) is 74.7 Å². The highest BCUT2D eigenvalue weighted by Gasteiger charge is 2.35. The molecule has 4 rings (SSSR count). The normalized spacial score (nSPS) is 17.3. The molecule has 188 valence electrons. The lowest BCUT2D eigenvalue weighted by atomic mass is 10.0. The zero-order valence-corrected chi connectivity index (χ0v) is 19.4. The van der Waals surface area contributed by atoms with Gasteiger partial charge < -0.3 is 24.3 Å². The Balaban J connectivity index is 1.66. The van der Waals surface area contributed by atoms with E-state index in [4.69, 9.17) is 18.9 Å². The van der Waals surface area contributed by atoms with Crippen LogP contribution < -0.4 is 14.8 Å². The fraction of sp³-hybridized carbons (Fsp3) is 0.417. The molecule has 0 bridgehead atoms. The van der Waals surface area contributed by atoms with E-state index >= 15 is 0 Å². The van der Waals surface area contributed by atoms with E-state index in [9.17, 15) is 17.6 Å². The first-order valence-corrected chi connectivity index (χ1v) is 11.0. The monoisotopic (exact) mass is 495 g/mol. The van der Waals surface area contributed by atoms with E-state index in [0.29, 0.717) is 59.9 Å². The number of hydrogen-bond donors (Lipinski definition) is 1. The molecule has 1 aromatic heterocycles. The van der Waals surface area contributed by atoms with Gasteiger partial charge in [-0.2, -0.15) is 13.2 Å².